The van der Waals surface area contributed by atoms with Crippen molar-refractivity contribution in [3.63, 3.8) is 0 Å². The number of hydrogen-bond donors (Lipinski definition) is 2. The molecule has 0 saturated carbocycles. The van der Waals surface area contributed by atoms with E-state index < -0.39 is 10.2 Å². The number of nitrogens with two attached hydrogens (primary N) is 1. The van der Waals surface area contributed by atoms with Crippen molar-refractivity contribution in [1.82, 2.24) is 28.5 Å². The summed E-state index contributed by atoms with van der Waals surface area (Å²) in [6, 6.07) is 9.48. The van der Waals surface area contributed by atoms with E-state index in [1.54, 1.807) is 4.31 Å². The number of nitrogens with zero attached hydrogens (tertiary/aromatic N) is 6. The number of nitrogen functional groups attached to an aromatic ring is 1. The summed E-state index contributed by atoms with van der Waals surface area (Å²) in [4.78, 5) is 15.2. The molecule has 0 aliphatic carbocycles. The number of nitrogens with one attached hydrogen (secondary N) is 1. The smallest absolute Gasteiger partial charge is 0.282 e. The molecule has 1 saturated heterocycles. The van der Waals surface area contributed by atoms with Crippen LogP contribution in [-0.4, -0.2) is 76.1 Å². The van der Waals surface area contributed by atoms with Crippen LogP contribution in [0.3, 0.4) is 0 Å². The number of para-hydroxylation sites is 1. The predicted octanol–water partition coefficient (Wildman–Crippen LogP) is 1.46. The summed E-state index contributed by atoms with van der Waals surface area (Å²) in [6.45, 7) is 8.68. The molecule has 2 heterocycles. The topological polar surface area (TPSA) is 121 Å². The molecule has 0 unspecified atom stereocenters. The van der Waals surface area contributed by atoms with Crippen molar-refractivity contribution >= 4 is 27.8 Å². The molecule has 10 nitrogen and oxygen atoms in total. The van der Waals surface area contributed by atoms with Crippen LogP contribution in [0.2, 0.25) is 0 Å². The lowest BCUT2D eigenvalue weighted by Crippen LogP contribution is -2.53. The molecule has 1 fully saturated rings. The van der Waals surface area contributed by atoms with Crippen molar-refractivity contribution in [1.29, 1.82) is 0 Å². The third kappa shape index (κ3) is 5.04. The van der Waals surface area contributed by atoms with Gasteiger partial charge in [0, 0.05) is 45.0 Å². The second kappa shape index (κ2) is 9.65. The van der Waals surface area contributed by atoms with Crippen LogP contribution in [0.1, 0.15) is 32.6 Å². The average Bonchev–Trinajstić information content (AvgIpc) is 2.74. The Hall–Kier alpha value is -2.34. The minimum absolute atomic E-state index is 0.120. The van der Waals surface area contributed by atoms with E-state index in [9.17, 15) is 8.42 Å². The number of rotatable bonds is 8. The molecule has 0 bridgehead atoms. The largest absolute Gasteiger partial charge is 0.368 e. The summed E-state index contributed by atoms with van der Waals surface area (Å²) in [5, 5.41) is 3.14. The van der Waals surface area contributed by atoms with Crippen LogP contribution in [0.4, 0.5) is 17.6 Å². The summed E-state index contributed by atoms with van der Waals surface area (Å²) in [6.07, 6.45) is 0. The van der Waals surface area contributed by atoms with Gasteiger partial charge in [-0.3, -0.25) is 4.90 Å². The lowest BCUT2D eigenvalue weighted by molar-refractivity contribution is 0.137. The zero-order valence-corrected chi connectivity index (χ0v) is 18.5. The van der Waals surface area contributed by atoms with Gasteiger partial charge in [0.2, 0.25) is 11.9 Å². The molecular weight excluding hydrogens is 404 g/mol. The lowest BCUT2D eigenvalue weighted by atomic mass is 10.2. The van der Waals surface area contributed by atoms with E-state index in [2.05, 4.69) is 25.2 Å². The predicted molar refractivity (Wildman–Crippen MR) is 117 cm³/mol. The molecule has 30 heavy (non-hydrogen) atoms. The Labute approximate surface area is 178 Å². The molecule has 2 aromatic rings. The summed E-state index contributed by atoms with van der Waals surface area (Å²) in [5.41, 5.74) is 6.77. The first-order valence-electron chi connectivity index (χ1n) is 10.2. The van der Waals surface area contributed by atoms with Crippen LogP contribution in [0.15, 0.2) is 30.3 Å². The Bertz CT molecular complexity index is 929. The van der Waals surface area contributed by atoms with E-state index in [1.165, 1.54) is 4.31 Å². The normalized spacial score (nSPS) is 17.2. The molecule has 1 aliphatic heterocycles. The molecule has 0 radical (unpaired) electrons. The van der Waals surface area contributed by atoms with Crippen molar-refractivity contribution in [2.24, 2.45) is 0 Å². The van der Waals surface area contributed by atoms with Crippen molar-refractivity contribution in [3.05, 3.63) is 36.2 Å². The monoisotopic (exact) mass is 434 g/mol. The highest BCUT2D eigenvalue weighted by atomic mass is 32.2. The minimum atomic E-state index is -3.42. The molecule has 3 N–H and O–H groups in total. The Morgan fingerprint density at radius 1 is 1.07 bits per heavy atom. The highest BCUT2D eigenvalue weighted by molar-refractivity contribution is 7.86. The summed E-state index contributed by atoms with van der Waals surface area (Å²) < 4.78 is 28.5. The molecule has 1 aromatic carbocycles. The van der Waals surface area contributed by atoms with Crippen LogP contribution in [0.25, 0.3) is 0 Å². The molecule has 1 atom stereocenters. The number of anilines is 3. The Balaban J connectivity index is 1.68. The van der Waals surface area contributed by atoms with E-state index in [0.717, 1.165) is 5.69 Å². The van der Waals surface area contributed by atoms with Gasteiger partial charge in [-0.05, 0) is 19.1 Å². The molecule has 1 aromatic heterocycles. The van der Waals surface area contributed by atoms with Crippen molar-refractivity contribution in [3.8, 4) is 0 Å². The van der Waals surface area contributed by atoms with Gasteiger partial charge in [0.1, 0.15) is 0 Å². The van der Waals surface area contributed by atoms with Gasteiger partial charge in [-0.25, -0.2) is 0 Å². The summed E-state index contributed by atoms with van der Waals surface area (Å²) in [5.74, 6) is 1.09. The second-order valence-electron chi connectivity index (χ2n) is 7.07. The third-order valence-electron chi connectivity index (χ3n) is 5.25. The molecule has 164 valence electrons. The fraction of sp³-hybridized carbons (Fsp3) is 0.526. The summed E-state index contributed by atoms with van der Waals surface area (Å²) >= 11 is 0. The first kappa shape index (κ1) is 22.3. The van der Waals surface area contributed by atoms with Gasteiger partial charge in [0.15, 0.2) is 5.82 Å². The molecule has 0 amide bonds. The van der Waals surface area contributed by atoms with Gasteiger partial charge < -0.3 is 11.1 Å². The number of hydrogen-bond acceptors (Lipinski definition) is 8. The maximum atomic E-state index is 12.7. The molecule has 11 heteroatoms. The fourth-order valence-electron chi connectivity index (χ4n) is 3.50. The van der Waals surface area contributed by atoms with Crippen molar-refractivity contribution in [2.45, 2.75) is 26.8 Å². The standard InChI is InChI=1S/C19H30N8O2S/c1-4-26(5-2)30(28,29)27-13-11-25(12-14-27)15(3)17-22-18(20)24-19(23-17)21-16-9-7-6-8-10-16/h6-10,15H,4-5,11-14H2,1-3H3,(H3,20,21,22,23,24)/t15-/m0/s1. The number of aromatic nitrogens is 3. The van der Waals surface area contributed by atoms with Gasteiger partial charge >= 0.3 is 0 Å². The van der Waals surface area contributed by atoms with Crippen LogP contribution >= 0.6 is 0 Å². The molecule has 0 spiro atoms. The van der Waals surface area contributed by atoms with Crippen LogP contribution < -0.4 is 11.1 Å². The average molecular weight is 435 g/mol. The van der Waals surface area contributed by atoms with E-state index in [4.69, 9.17) is 5.73 Å². The van der Waals surface area contributed by atoms with E-state index in [1.807, 2.05) is 51.1 Å². The molecule has 3 rings (SSSR count). The highest BCUT2D eigenvalue weighted by Crippen LogP contribution is 2.22. The SMILES string of the molecule is CCN(CC)S(=O)(=O)N1CCN([C@@H](C)c2nc(N)nc(Nc3ccccc3)n2)CC1. The van der Waals surface area contributed by atoms with Crippen LogP contribution in [0.5, 0.6) is 0 Å². The van der Waals surface area contributed by atoms with E-state index in [-0.39, 0.29) is 12.0 Å². The van der Waals surface area contributed by atoms with Gasteiger partial charge in [0.05, 0.1) is 6.04 Å². The summed E-state index contributed by atoms with van der Waals surface area (Å²) in [7, 11) is -3.42. The fourth-order valence-corrected chi connectivity index (χ4v) is 5.10. The Morgan fingerprint density at radius 3 is 2.30 bits per heavy atom. The second-order valence-corrected chi connectivity index (χ2v) is 9.00. The van der Waals surface area contributed by atoms with Gasteiger partial charge in [-0.15, -0.1) is 0 Å². The maximum Gasteiger partial charge on any atom is 0.282 e. The Kier molecular flexibility index (Phi) is 7.19. The van der Waals surface area contributed by atoms with E-state index in [0.29, 0.717) is 51.0 Å². The van der Waals surface area contributed by atoms with Crippen molar-refractivity contribution < 1.29 is 8.42 Å². The van der Waals surface area contributed by atoms with Gasteiger partial charge in [0.25, 0.3) is 10.2 Å². The third-order valence-corrected chi connectivity index (χ3v) is 7.44. The maximum absolute atomic E-state index is 12.7. The van der Waals surface area contributed by atoms with Crippen LogP contribution in [-0.2, 0) is 10.2 Å². The first-order chi connectivity index (χ1) is 14.3. The zero-order valence-electron chi connectivity index (χ0n) is 17.7. The Morgan fingerprint density at radius 2 is 1.70 bits per heavy atom. The van der Waals surface area contributed by atoms with Crippen LogP contribution in [0, 0.1) is 0 Å². The van der Waals surface area contributed by atoms with Gasteiger partial charge in [-0.1, -0.05) is 32.0 Å². The number of benzene rings is 1. The molecule has 1 aliphatic rings. The van der Waals surface area contributed by atoms with Crippen molar-refractivity contribution in [2.75, 3.05) is 50.3 Å². The van der Waals surface area contributed by atoms with Gasteiger partial charge in [-0.2, -0.15) is 32.0 Å². The molecular formula is C19H30N8O2S. The highest BCUT2D eigenvalue weighted by Gasteiger charge is 2.32. The lowest BCUT2D eigenvalue weighted by Gasteiger charge is -2.38. The zero-order chi connectivity index (χ0) is 21.7. The number of piperazine rings is 1. The quantitative estimate of drug-likeness (QED) is 0.641. The van der Waals surface area contributed by atoms with E-state index >= 15 is 0 Å². The minimum Gasteiger partial charge on any atom is -0.368 e. The first-order valence-corrected chi connectivity index (χ1v) is 11.6.